The van der Waals surface area contributed by atoms with E-state index in [-0.39, 0.29) is 13.5 Å². The first-order valence-electron chi connectivity index (χ1n) is 4.47. The maximum absolute atomic E-state index is 10.6. The van der Waals surface area contributed by atoms with E-state index in [1.807, 2.05) is 0 Å². The molecule has 0 radical (unpaired) electrons. The summed E-state index contributed by atoms with van der Waals surface area (Å²) < 4.78 is 4.74. The highest BCUT2D eigenvalue weighted by Crippen LogP contribution is 1.94. The van der Waals surface area contributed by atoms with Crippen molar-refractivity contribution >= 4 is 5.97 Å². The first kappa shape index (κ1) is 13.1. The van der Waals surface area contributed by atoms with E-state index < -0.39 is 5.97 Å². The zero-order valence-corrected chi connectivity index (χ0v) is 8.19. The van der Waals surface area contributed by atoms with Crippen molar-refractivity contribution in [2.24, 2.45) is 0 Å². The molecule has 0 saturated heterocycles. The molecule has 0 saturated carbocycles. The van der Waals surface area contributed by atoms with Gasteiger partial charge in [0, 0.05) is 12.6 Å². The number of ether oxygens (including phenoxy) is 1. The lowest BCUT2D eigenvalue weighted by Gasteiger charge is -2.15. The fourth-order valence-electron chi connectivity index (χ4n) is 0.855. The zero-order valence-electron chi connectivity index (χ0n) is 8.19. The minimum Gasteiger partial charge on any atom is -0.463 e. The van der Waals surface area contributed by atoms with E-state index in [4.69, 9.17) is 14.9 Å². The van der Waals surface area contributed by atoms with Crippen LogP contribution in [0.2, 0.25) is 0 Å². The fraction of sp³-hybridized carbons (Fsp3) is 0.667. The van der Waals surface area contributed by atoms with Crippen molar-refractivity contribution in [3.05, 3.63) is 12.7 Å². The minimum atomic E-state index is -0.425. The number of unbranched alkanes of at least 4 members (excludes halogenated alkanes) is 1. The number of carbonyl (C=O) groups excluding carboxylic acids is 1. The predicted molar refractivity (Wildman–Crippen MR) is 51.3 cm³/mol. The largest absolute Gasteiger partial charge is 0.463 e. The summed E-state index contributed by atoms with van der Waals surface area (Å²) in [5.41, 5.74) is 0. The summed E-state index contributed by atoms with van der Waals surface area (Å²) in [4.78, 5) is 12.1. The standard InChI is InChI=1S/C9H17NO4/c1-2-9(13)14-6-4-3-5-10(7-11)8-12/h2,11-12H,1,3-8H2. The van der Waals surface area contributed by atoms with Crippen molar-refractivity contribution in [3.8, 4) is 0 Å². The molecule has 0 heterocycles. The zero-order chi connectivity index (χ0) is 10.8. The van der Waals surface area contributed by atoms with Gasteiger partial charge in [0.25, 0.3) is 0 Å². The lowest BCUT2D eigenvalue weighted by atomic mass is 10.3. The smallest absolute Gasteiger partial charge is 0.330 e. The molecule has 0 aromatic rings. The molecule has 0 rings (SSSR count). The summed E-state index contributed by atoms with van der Waals surface area (Å²) in [6.45, 7) is 3.86. The van der Waals surface area contributed by atoms with Crippen molar-refractivity contribution in [1.82, 2.24) is 4.90 Å². The predicted octanol–water partition coefficient (Wildman–Crippen LogP) is -0.303. The number of aliphatic hydroxyl groups excluding tert-OH is 2. The molecule has 0 aliphatic carbocycles. The van der Waals surface area contributed by atoms with E-state index in [0.717, 1.165) is 12.5 Å². The summed E-state index contributed by atoms with van der Waals surface area (Å²) in [7, 11) is 0. The Bertz CT molecular complexity index is 168. The molecule has 5 heteroatoms. The van der Waals surface area contributed by atoms with Crippen LogP contribution in [-0.4, -0.2) is 47.7 Å². The van der Waals surface area contributed by atoms with E-state index in [9.17, 15) is 4.79 Å². The maximum Gasteiger partial charge on any atom is 0.330 e. The summed E-state index contributed by atoms with van der Waals surface area (Å²) >= 11 is 0. The van der Waals surface area contributed by atoms with Crippen molar-refractivity contribution in [1.29, 1.82) is 0 Å². The second kappa shape index (κ2) is 8.68. The average molecular weight is 203 g/mol. The molecule has 0 fully saturated rings. The van der Waals surface area contributed by atoms with Crippen molar-refractivity contribution in [3.63, 3.8) is 0 Å². The molecule has 2 N–H and O–H groups in total. The average Bonchev–Trinajstić information content (AvgIpc) is 2.23. The summed E-state index contributed by atoms with van der Waals surface area (Å²) in [5, 5.41) is 17.4. The highest BCUT2D eigenvalue weighted by molar-refractivity contribution is 5.81. The molecule has 0 aromatic heterocycles. The number of hydrogen-bond donors (Lipinski definition) is 2. The summed E-state index contributed by atoms with van der Waals surface area (Å²) in [6, 6.07) is 0. The Kier molecular flexibility index (Phi) is 8.11. The molecule has 5 nitrogen and oxygen atoms in total. The van der Waals surface area contributed by atoms with E-state index >= 15 is 0 Å². The van der Waals surface area contributed by atoms with Gasteiger partial charge in [-0.05, 0) is 12.8 Å². The normalized spacial score (nSPS) is 10.2. The number of esters is 1. The first-order valence-corrected chi connectivity index (χ1v) is 4.47. The molecule has 0 bridgehead atoms. The van der Waals surface area contributed by atoms with Crippen molar-refractivity contribution in [2.75, 3.05) is 26.6 Å². The van der Waals surface area contributed by atoms with Gasteiger partial charge in [0.2, 0.25) is 0 Å². The maximum atomic E-state index is 10.6. The van der Waals surface area contributed by atoms with Gasteiger partial charge in [-0.3, -0.25) is 4.90 Å². The molecule has 0 aromatic carbocycles. The highest BCUT2D eigenvalue weighted by Gasteiger charge is 2.00. The van der Waals surface area contributed by atoms with E-state index in [1.54, 1.807) is 0 Å². The molecule has 0 aliphatic rings. The number of rotatable bonds is 8. The second-order valence-electron chi connectivity index (χ2n) is 2.76. The topological polar surface area (TPSA) is 70.0 Å². The molecule has 0 spiro atoms. The monoisotopic (exact) mass is 203 g/mol. The van der Waals surface area contributed by atoms with Gasteiger partial charge in [0.05, 0.1) is 20.1 Å². The van der Waals surface area contributed by atoms with Gasteiger partial charge in [-0.1, -0.05) is 6.58 Å². The molecule has 14 heavy (non-hydrogen) atoms. The van der Waals surface area contributed by atoms with Crippen molar-refractivity contribution < 1.29 is 19.7 Å². The Morgan fingerprint density at radius 3 is 2.50 bits per heavy atom. The van der Waals surface area contributed by atoms with Crippen LogP contribution in [0, 0.1) is 0 Å². The Morgan fingerprint density at radius 2 is 2.00 bits per heavy atom. The summed E-state index contributed by atoms with van der Waals surface area (Å²) in [5.74, 6) is -0.425. The third kappa shape index (κ3) is 6.59. The van der Waals surface area contributed by atoms with Crippen LogP contribution >= 0.6 is 0 Å². The van der Waals surface area contributed by atoms with Crippen LogP contribution in [0.4, 0.5) is 0 Å². The Balaban J connectivity index is 3.28. The van der Waals surface area contributed by atoms with Crippen LogP contribution < -0.4 is 0 Å². The van der Waals surface area contributed by atoms with E-state index in [1.165, 1.54) is 4.90 Å². The van der Waals surface area contributed by atoms with E-state index in [0.29, 0.717) is 19.6 Å². The fourth-order valence-corrected chi connectivity index (χ4v) is 0.855. The molecule has 0 unspecified atom stereocenters. The van der Waals surface area contributed by atoms with E-state index in [2.05, 4.69) is 6.58 Å². The van der Waals surface area contributed by atoms with Crippen LogP contribution in [0.3, 0.4) is 0 Å². The second-order valence-corrected chi connectivity index (χ2v) is 2.76. The van der Waals surface area contributed by atoms with Gasteiger partial charge in [-0.2, -0.15) is 0 Å². The van der Waals surface area contributed by atoms with Crippen molar-refractivity contribution in [2.45, 2.75) is 12.8 Å². The van der Waals surface area contributed by atoms with Gasteiger partial charge in [-0.25, -0.2) is 4.79 Å². The SMILES string of the molecule is C=CC(=O)OCCCCN(CO)CO. The molecule has 0 aliphatic heterocycles. The highest BCUT2D eigenvalue weighted by atomic mass is 16.5. The number of carbonyl (C=O) groups is 1. The molecular weight excluding hydrogens is 186 g/mol. The van der Waals surface area contributed by atoms with Crippen LogP contribution in [-0.2, 0) is 9.53 Å². The van der Waals surface area contributed by atoms with Gasteiger partial charge in [0.15, 0.2) is 0 Å². The summed E-state index contributed by atoms with van der Waals surface area (Å²) in [6.07, 6.45) is 2.58. The van der Waals surface area contributed by atoms with Crippen LogP contribution in [0.1, 0.15) is 12.8 Å². The number of hydrogen-bond acceptors (Lipinski definition) is 5. The molecule has 0 atom stereocenters. The quantitative estimate of drug-likeness (QED) is 0.245. The van der Waals surface area contributed by atoms with Crippen LogP contribution in [0.5, 0.6) is 0 Å². The van der Waals surface area contributed by atoms with Gasteiger partial charge in [0.1, 0.15) is 0 Å². The molecular formula is C9H17NO4. The third-order valence-electron chi connectivity index (χ3n) is 1.68. The lowest BCUT2D eigenvalue weighted by Crippen LogP contribution is -2.26. The van der Waals surface area contributed by atoms with Gasteiger partial charge in [-0.15, -0.1) is 0 Å². The van der Waals surface area contributed by atoms with Crippen LogP contribution in [0.25, 0.3) is 0 Å². The minimum absolute atomic E-state index is 0.164. The number of aliphatic hydroxyl groups is 2. The lowest BCUT2D eigenvalue weighted by molar-refractivity contribution is -0.137. The number of nitrogens with zero attached hydrogens (tertiary/aromatic N) is 1. The first-order chi connectivity index (χ1) is 6.74. The Labute approximate surface area is 83.6 Å². The van der Waals surface area contributed by atoms with Gasteiger partial charge >= 0.3 is 5.97 Å². The molecule has 82 valence electrons. The van der Waals surface area contributed by atoms with Crippen LogP contribution in [0.15, 0.2) is 12.7 Å². The Hall–Kier alpha value is -0.910. The third-order valence-corrected chi connectivity index (χ3v) is 1.68. The Morgan fingerprint density at radius 1 is 1.36 bits per heavy atom. The molecule has 0 amide bonds. The van der Waals surface area contributed by atoms with Gasteiger partial charge < -0.3 is 14.9 Å².